The second kappa shape index (κ2) is 6.65. The Morgan fingerprint density at radius 2 is 1.76 bits per heavy atom. The van der Waals surface area contributed by atoms with E-state index in [0.717, 1.165) is 12.8 Å². The number of hydrogen-bond acceptors (Lipinski definition) is 5. The number of benzene rings is 1. The van der Waals surface area contributed by atoms with E-state index in [4.69, 9.17) is 0 Å². The molecule has 110 valence electrons. The van der Waals surface area contributed by atoms with Crippen LogP contribution in [0.25, 0.3) is 0 Å². The average molecular weight is 288 g/mol. The molecule has 0 atom stereocenters. The van der Waals surface area contributed by atoms with Gasteiger partial charge in [0.25, 0.3) is 0 Å². The van der Waals surface area contributed by atoms with Gasteiger partial charge < -0.3 is 14.8 Å². The number of carbonyl (C=O) groups excluding carboxylic acids is 3. The lowest BCUT2D eigenvalue weighted by Crippen LogP contribution is -2.39. The molecule has 1 aromatic rings. The lowest BCUT2D eigenvalue weighted by atomic mass is 10.1. The molecule has 0 aromatic heterocycles. The van der Waals surface area contributed by atoms with Crippen LogP contribution in [0.3, 0.4) is 0 Å². The molecule has 1 aromatic carbocycles. The molecule has 0 bridgehead atoms. The lowest BCUT2D eigenvalue weighted by molar-refractivity contribution is -0.255. The summed E-state index contributed by atoms with van der Waals surface area (Å²) in [6.07, 6.45) is 3.15. The van der Waals surface area contributed by atoms with Gasteiger partial charge in [0, 0.05) is 13.1 Å². The Bertz CT molecular complexity index is 574. The first-order valence-electron chi connectivity index (χ1n) is 6.51. The van der Waals surface area contributed by atoms with Gasteiger partial charge in [-0.2, -0.15) is 5.10 Å². The van der Waals surface area contributed by atoms with E-state index in [1.165, 1.54) is 35.4 Å². The number of hydrogen-bond donors (Lipinski definition) is 1. The standard InChI is InChI=1S/C14H15N3O4/c18-12(13(19)17-7-1-2-8-17)16-15-9-10-3-5-11(6-4-10)14(20)21/h3-6,9H,1-2,7-8H2,(H,16,18)(H,20,21)/p-1/b15-9-. The first-order chi connectivity index (χ1) is 10.1. The Labute approximate surface area is 121 Å². The van der Waals surface area contributed by atoms with Crippen LogP contribution in [0.15, 0.2) is 29.4 Å². The Kier molecular flexibility index (Phi) is 4.65. The van der Waals surface area contributed by atoms with E-state index in [2.05, 4.69) is 10.5 Å². The number of carbonyl (C=O) groups is 3. The molecule has 7 nitrogen and oxygen atoms in total. The Balaban J connectivity index is 1.88. The maximum atomic E-state index is 11.7. The number of carboxylic acids is 1. The van der Waals surface area contributed by atoms with E-state index in [1.54, 1.807) is 0 Å². The van der Waals surface area contributed by atoms with Crippen LogP contribution >= 0.6 is 0 Å². The van der Waals surface area contributed by atoms with Crippen LogP contribution in [0.4, 0.5) is 0 Å². The number of amides is 2. The zero-order valence-corrected chi connectivity index (χ0v) is 11.2. The third-order valence-electron chi connectivity index (χ3n) is 3.11. The summed E-state index contributed by atoms with van der Waals surface area (Å²) in [5.41, 5.74) is 2.80. The fraction of sp³-hybridized carbons (Fsp3) is 0.286. The predicted molar refractivity (Wildman–Crippen MR) is 72.3 cm³/mol. The van der Waals surface area contributed by atoms with Crippen molar-refractivity contribution in [3.8, 4) is 0 Å². The highest BCUT2D eigenvalue weighted by molar-refractivity contribution is 6.35. The highest BCUT2D eigenvalue weighted by atomic mass is 16.4. The van der Waals surface area contributed by atoms with Gasteiger partial charge in [0.2, 0.25) is 0 Å². The molecule has 1 heterocycles. The summed E-state index contributed by atoms with van der Waals surface area (Å²) in [7, 11) is 0. The summed E-state index contributed by atoms with van der Waals surface area (Å²) in [5, 5.41) is 14.2. The van der Waals surface area contributed by atoms with Gasteiger partial charge >= 0.3 is 11.8 Å². The normalized spacial score (nSPS) is 14.4. The van der Waals surface area contributed by atoms with Gasteiger partial charge in [0.15, 0.2) is 0 Å². The molecule has 1 saturated heterocycles. The predicted octanol–water partition coefficient (Wildman–Crippen LogP) is -0.877. The first-order valence-corrected chi connectivity index (χ1v) is 6.51. The molecule has 1 aliphatic rings. The highest BCUT2D eigenvalue weighted by Gasteiger charge is 2.23. The number of nitrogens with zero attached hydrogens (tertiary/aromatic N) is 2. The minimum atomic E-state index is -1.26. The van der Waals surface area contributed by atoms with Gasteiger partial charge in [-0.25, -0.2) is 5.43 Å². The van der Waals surface area contributed by atoms with Crippen LogP contribution in [-0.4, -0.2) is 42.0 Å². The van der Waals surface area contributed by atoms with Crippen molar-refractivity contribution in [1.29, 1.82) is 0 Å². The molecule has 1 N–H and O–H groups in total. The lowest BCUT2D eigenvalue weighted by Gasteiger charge is -2.12. The third kappa shape index (κ3) is 3.88. The molecule has 0 radical (unpaired) electrons. The van der Waals surface area contributed by atoms with E-state index in [1.807, 2.05) is 0 Å². The molecule has 0 aliphatic carbocycles. The van der Waals surface area contributed by atoms with Gasteiger partial charge in [-0.05, 0) is 24.0 Å². The van der Waals surface area contributed by atoms with Crippen molar-refractivity contribution in [1.82, 2.24) is 10.3 Å². The first kappa shape index (κ1) is 14.7. The highest BCUT2D eigenvalue weighted by Crippen LogP contribution is 2.07. The summed E-state index contributed by atoms with van der Waals surface area (Å²) in [5.74, 6) is -2.63. The molecular formula is C14H14N3O4-. The van der Waals surface area contributed by atoms with Gasteiger partial charge in [-0.3, -0.25) is 9.59 Å². The molecule has 21 heavy (non-hydrogen) atoms. The molecule has 7 heteroatoms. The van der Waals surface area contributed by atoms with E-state index < -0.39 is 17.8 Å². The average Bonchev–Trinajstić information content (AvgIpc) is 3.01. The fourth-order valence-electron chi connectivity index (χ4n) is 1.98. The van der Waals surface area contributed by atoms with Crippen molar-refractivity contribution < 1.29 is 19.5 Å². The molecular weight excluding hydrogens is 274 g/mol. The van der Waals surface area contributed by atoms with Crippen LogP contribution in [0, 0.1) is 0 Å². The van der Waals surface area contributed by atoms with Crippen LogP contribution in [-0.2, 0) is 9.59 Å². The molecule has 1 fully saturated rings. The molecule has 1 aliphatic heterocycles. The van der Waals surface area contributed by atoms with E-state index >= 15 is 0 Å². The maximum Gasteiger partial charge on any atom is 0.329 e. The fourth-order valence-corrected chi connectivity index (χ4v) is 1.98. The van der Waals surface area contributed by atoms with Crippen LogP contribution < -0.4 is 10.5 Å². The SMILES string of the molecule is O=C(N/N=C\c1ccc(C(=O)[O-])cc1)C(=O)N1CCCC1. The summed E-state index contributed by atoms with van der Waals surface area (Å²) in [6, 6.07) is 5.77. The van der Waals surface area contributed by atoms with Crippen molar-refractivity contribution >= 4 is 24.0 Å². The van der Waals surface area contributed by atoms with Crippen molar-refractivity contribution in [2.24, 2.45) is 5.10 Å². The zero-order valence-electron chi connectivity index (χ0n) is 11.2. The summed E-state index contributed by atoms with van der Waals surface area (Å²) in [4.78, 5) is 35.3. The summed E-state index contributed by atoms with van der Waals surface area (Å²) < 4.78 is 0. The number of aromatic carboxylic acids is 1. The van der Waals surface area contributed by atoms with Crippen molar-refractivity contribution in [3.05, 3.63) is 35.4 Å². The summed E-state index contributed by atoms with van der Waals surface area (Å²) in [6.45, 7) is 1.20. The zero-order chi connectivity index (χ0) is 15.2. The van der Waals surface area contributed by atoms with Gasteiger partial charge in [-0.1, -0.05) is 24.3 Å². The summed E-state index contributed by atoms with van der Waals surface area (Å²) >= 11 is 0. The van der Waals surface area contributed by atoms with Crippen LogP contribution in [0.5, 0.6) is 0 Å². The van der Waals surface area contributed by atoms with E-state index in [-0.39, 0.29) is 5.56 Å². The number of rotatable bonds is 3. The minimum absolute atomic E-state index is 0.0559. The van der Waals surface area contributed by atoms with Gasteiger partial charge in [0.05, 0.1) is 12.2 Å². The van der Waals surface area contributed by atoms with E-state index in [9.17, 15) is 19.5 Å². The Hall–Kier alpha value is -2.70. The number of likely N-dealkylation sites (tertiary alicyclic amines) is 1. The van der Waals surface area contributed by atoms with Crippen LogP contribution in [0.2, 0.25) is 0 Å². The van der Waals surface area contributed by atoms with E-state index in [0.29, 0.717) is 18.7 Å². The number of hydrazone groups is 1. The second-order valence-corrected chi connectivity index (χ2v) is 4.61. The molecule has 0 saturated carbocycles. The van der Waals surface area contributed by atoms with Crippen molar-refractivity contribution in [3.63, 3.8) is 0 Å². The number of carboxylic acid groups (broad SMARTS) is 1. The molecule has 2 rings (SSSR count). The van der Waals surface area contributed by atoms with Gasteiger partial charge in [0.1, 0.15) is 0 Å². The Morgan fingerprint density at radius 3 is 2.33 bits per heavy atom. The van der Waals surface area contributed by atoms with Crippen molar-refractivity contribution in [2.75, 3.05) is 13.1 Å². The maximum absolute atomic E-state index is 11.7. The Morgan fingerprint density at radius 1 is 1.14 bits per heavy atom. The van der Waals surface area contributed by atoms with Gasteiger partial charge in [-0.15, -0.1) is 0 Å². The largest absolute Gasteiger partial charge is 0.545 e. The number of nitrogens with one attached hydrogen (secondary N) is 1. The topological polar surface area (TPSA) is 102 Å². The molecule has 2 amide bonds. The van der Waals surface area contributed by atoms with Crippen molar-refractivity contribution in [2.45, 2.75) is 12.8 Å². The van der Waals surface area contributed by atoms with Crippen LogP contribution in [0.1, 0.15) is 28.8 Å². The smallest absolute Gasteiger partial charge is 0.329 e. The second-order valence-electron chi connectivity index (χ2n) is 4.61. The minimum Gasteiger partial charge on any atom is -0.545 e. The molecule has 0 spiro atoms. The monoisotopic (exact) mass is 288 g/mol. The quantitative estimate of drug-likeness (QED) is 0.443. The third-order valence-corrected chi connectivity index (χ3v) is 3.11. The molecule has 0 unspecified atom stereocenters.